The van der Waals surface area contributed by atoms with Crippen molar-refractivity contribution in [2.75, 3.05) is 34.7 Å². The normalized spacial score (nSPS) is 25.9. The Morgan fingerprint density at radius 1 is 0.867 bits per heavy atom. The van der Waals surface area contributed by atoms with E-state index in [0.29, 0.717) is 29.6 Å². The van der Waals surface area contributed by atoms with Gasteiger partial charge in [0.1, 0.15) is 0 Å². The molecule has 0 spiro atoms. The fourth-order valence-electron chi connectivity index (χ4n) is 5.12. The zero-order valence-electron chi connectivity index (χ0n) is 17.4. The van der Waals surface area contributed by atoms with Crippen LogP contribution in [0.3, 0.4) is 0 Å². The number of fused-ring (bicyclic) bond motifs is 3. The third kappa shape index (κ3) is 2.61. The average Bonchev–Trinajstić information content (AvgIpc) is 3.38. The van der Waals surface area contributed by atoms with Gasteiger partial charge < -0.3 is 28.4 Å². The third-order valence-corrected chi connectivity index (χ3v) is 6.60. The minimum atomic E-state index is -0.296. The van der Waals surface area contributed by atoms with Crippen LogP contribution >= 0.6 is 0 Å². The second-order valence-corrected chi connectivity index (χ2v) is 7.88. The Morgan fingerprint density at radius 3 is 2.10 bits per heavy atom. The van der Waals surface area contributed by atoms with Crippen molar-refractivity contribution in [3.8, 4) is 28.7 Å². The highest BCUT2D eigenvalue weighted by molar-refractivity contribution is 5.79. The minimum absolute atomic E-state index is 0.0782. The summed E-state index contributed by atoms with van der Waals surface area (Å²) in [7, 11) is 4.74. The van der Waals surface area contributed by atoms with Gasteiger partial charge in [-0.15, -0.1) is 0 Å². The molecule has 1 saturated heterocycles. The van der Waals surface area contributed by atoms with Crippen LogP contribution in [0.2, 0.25) is 0 Å². The zero-order valence-corrected chi connectivity index (χ0v) is 17.4. The molecule has 1 fully saturated rings. The van der Waals surface area contributed by atoms with Crippen molar-refractivity contribution in [3.05, 3.63) is 41.0 Å². The van der Waals surface area contributed by atoms with Gasteiger partial charge in [-0.25, -0.2) is 0 Å². The van der Waals surface area contributed by atoms with E-state index in [0.717, 1.165) is 22.4 Å². The number of carbonyl (C=O) groups is 1. The number of ether oxygens (including phenoxy) is 6. The van der Waals surface area contributed by atoms with E-state index in [1.807, 2.05) is 24.3 Å². The average molecular weight is 412 g/mol. The van der Waals surface area contributed by atoms with Crippen LogP contribution in [0.1, 0.15) is 35.4 Å². The molecule has 2 aromatic rings. The lowest BCUT2D eigenvalue weighted by atomic mass is 9.63. The standard InChI is InChI=1S/C23H24O7/c1-11-13-7-16-17(30-10-29-16)8-14(13)20(21-15(11)9-28-23(21)24)12-5-18(25-2)22(27-4)19(6-12)26-3/h5-8,11,15,20-21H,9-10H2,1-4H3/t11-,15-,20-,21+/m1/s1. The van der Waals surface area contributed by atoms with Crippen molar-refractivity contribution in [1.82, 2.24) is 0 Å². The van der Waals surface area contributed by atoms with Gasteiger partial charge in [0.15, 0.2) is 23.0 Å². The van der Waals surface area contributed by atoms with Gasteiger partial charge in [-0.2, -0.15) is 0 Å². The first-order valence-corrected chi connectivity index (χ1v) is 9.97. The second-order valence-electron chi connectivity index (χ2n) is 7.88. The van der Waals surface area contributed by atoms with E-state index in [1.54, 1.807) is 21.3 Å². The van der Waals surface area contributed by atoms with Crippen LogP contribution in [0, 0.1) is 11.8 Å². The van der Waals surface area contributed by atoms with Crippen LogP contribution in [-0.4, -0.2) is 40.7 Å². The Morgan fingerprint density at radius 2 is 1.50 bits per heavy atom. The summed E-state index contributed by atoms with van der Waals surface area (Å²) in [6.07, 6.45) is 0. The van der Waals surface area contributed by atoms with Gasteiger partial charge in [-0.05, 0) is 46.9 Å². The van der Waals surface area contributed by atoms with Crippen LogP contribution in [0.4, 0.5) is 0 Å². The third-order valence-electron chi connectivity index (χ3n) is 6.60. The van der Waals surface area contributed by atoms with Crippen LogP contribution in [0.25, 0.3) is 0 Å². The fraction of sp³-hybridized carbons (Fsp3) is 0.435. The van der Waals surface area contributed by atoms with E-state index < -0.39 is 0 Å². The smallest absolute Gasteiger partial charge is 0.310 e. The Kier molecular flexibility index (Phi) is 4.41. The molecule has 5 rings (SSSR count). The molecule has 0 bridgehead atoms. The van der Waals surface area contributed by atoms with Gasteiger partial charge in [0.25, 0.3) is 0 Å². The molecule has 0 unspecified atom stereocenters. The molecular weight excluding hydrogens is 388 g/mol. The maximum atomic E-state index is 12.8. The van der Waals surface area contributed by atoms with Crippen molar-refractivity contribution in [2.45, 2.75) is 18.8 Å². The number of benzene rings is 2. The van der Waals surface area contributed by atoms with Crippen molar-refractivity contribution in [2.24, 2.45) is 11.8 Å². The Bertz CT molecular complexity index is 990. The summed E-state index contributed by atoms with van der Waals surface area (Å²) in [5.74, 6) is 2.61. The lowest BCUT2D eigenvalue weighted by molar-refractivity contribution is -0.141. The van der Waals surface area contributed by atoms with Crippen LogP contribution in [0.15, 0.2) is 24.3 Å². The predicted octanol–water partition coefficient (Wildman–Crippen LogP) is 3.48. The lowest BCUT2D eigenvalue weighted by Gasteiger charge is -2.37. The molecule has 0 aromatic heterocycles. The molecule has 7 heteroatoms. The number of carbonyl (C=O) groups excluding carboxylic acids is 1. The molecule has 158 valence electrons. The Hall–Kier alpha value is -3.09. The highest BCUT2D eigenvalue weighted by Crippen LogP contribution is 2.56. The van der Waals surface area contributed by atoms with E-state index in [-0.39, 0.29) is 36.4 Å². The maximum Gasteiger partial charge on any atom is 0.310 e. The van der Waals surface area contributed by atoms with Crippen molar-refractivity contribution in [3.63, 3.8) is 0 Å². The van der Waals surface area contributed by atoms with Gasteiger partial charge in [-0.1, -0.05) is 6.92 Å². The van der Waals surface area contributed by atoms with E-state index in [2.05, 4.69) is 6.92 Å². The molecule has 4 atom stereocenters. The van der Waals surface area contributed by atoms with Crippen LogP contribution in [0.5, 0.6) is 28.7 Å². The van der Waals surface area contributed by atoms with E-state index in [1.165, 1.54) is 0 Å². The monoisotopic (exact) mass is 412 g/mol. The van der Waals surface area contributed by atoms with Gasteiger partial charge >= 0.3 is 5.97 Å². The van der Waals surface area contributed by atoms with Gasteiger partial charge in [0, 0.05) is 11.8 Å². The first-order chi connectivity index (χ1) is 14.6. The molecule has 2 aromatic carbocycles. The first-order valence-electron chi connectivity index (χ1n) is 9.97. The maximum absolute atomic E-state index is 12.8. The van der Waals surface area contributed by atoms with Crippen molar-refractivity contribution in [1.29, 1.82) is 0 Å². The topological polar surface area (TPSA) is 72.5 Å². The van der Waals surface area contributed by atoms with Crippen molar-refractivity contribution < 1.29 is 33.2 Å². The predicted molar refractivity (Wildman–Crippen MR) is 107 cm³/mol. The summed E-state index contributed by atoms with van der Waals surface area (Å²) in [6.45, 7) is 2.77. The summed E-state index contributed by atoms with van der Waals surface area (Å²) in [5.41, 5.74) is 3.10. The molecule has 30 heavy (non-hydrogen) atoms. The molecule has 0 radical (unpaired) electrons. The first kappa shape index (κ1) is 18.9. The van der Waals surface area contributed by atoms with E-state index in [9.17, 15) is 4.79 Å². The van der Waals surface area contributed by atoms with Crippen molar-refractivity contribution >= 4 is 5.97 Å². The highest BCUT2D eigenvalue weighted by atomic mass is 16.7. The van der Waals surface area contributed by atoms with Gasteiger partial charge in [-0.3, -0.25) is 4.79 Å². The van der Waals surface area contributed by atoms with E-state index in [4.69, 9.17) is 28.4 Å². The summed E-state index contributed by atoms with van der Waals surface area (Å²) in [5, 5.41) is 0. The fourth-order valence-corrected chi connectivity index (χ4v) is 5.12. The van der Waals surface area contributed by atoms with Gasteiger partial charge in [0.2, 0.25) is 12.5 Å². The highest BCUT2D eigenvalue weighted by Gasteiger charge is 2.51. The van der Waals surface area contributed by atoms with E-state index >= 15 is 0 Å². The zero-order chi connectivity index (χ0) is 21.0. The number of cyclic esters (lactones) is 1. The number of hydrogen-bond donors (Lipinski definition) is 0. The molecule has 0 saturated carbocycles. The summed E-state index contributed by atoms with van der Waals surface area (Å²) in [6, 6.07) is 7.88. The molecule has 0 amide bonds. The SMILES string of the molecule is COc1cc([C@@H]2c3cc4c(cc3[C@@H](C)[C@H]3COC(=O)[C@H]23)OCO4)cc(OC)c1OC. The van der Waals surface area contributed by atoms with Crippen LogP contribution in [-0.2, 0) is 9.53 Å². The Balaban J connectivity index is 1.74. The Labute approximate surface area is 174 Å². The largest absolute Gasteiger partial charge is 0.493 e. The molecule has 1 aliphatic carbocycles. The molecule has 3 aliphatic rings. The molecule has 2 aliphatic heterocycles. The summed E-state index contributed by atoms with van der Waals surface area (Å²) < 4.78 is 33.4. The number of hydrogen-bond acceptors (Lipinski definition) is 7. The lowest BCUT2D eigenvalue weighted by Crippen LogP contribution is -2.33. The molecular formula is C23H24O7. The number of rotatable bonds is 4. The summed E-state index contributed by atoms with van der Waals surface area (Å²) >= 11 is 0. The molecule has 0 N–H and O–H groups in total. The second kappa shape index (κ2) is 7.00. The number of methoxy groups -OCH3 is 3. The minimum Gasteiger partial charge on any atom is -0.493 e. The molecule has 2 heterocycles. The number of esters is 1. The summed E-state index contributed by atoms with van der Waals surface area (Å²) in [4.78, 5) is 12.8. The van der Waals surface area contributed by atoms with Gasteiger partial charge in [0.05, 0.1) is 33.9 Å². The van der Waals surface area contributed by atoms with Crippen LogP contribution < -0.4 is 23.7 Å². The quantitative estimate of drug-likeness (QED) is 0.712. The molecule has 7 nitrogen and oxygen atoms in total.